The van der Waals surface area contributed by atoms with Crippen molar-refractivity contribution in [2.75, 3.05) is 38.4 Å². The molecule has 2 aromatic rings. The Kier molecular flexibility index (Phi) is 6.74. The van der Waals surface area contributed by atoms with Crippen LogP contribution in [0.4, 0.5) is 5.69 Å². The Hall–Kier alpha value is -3.75. The number of nitrogens with zero attached hydrogens (tertiary/aromatic N) is 1. The third-order valence-electron chi connectivity index (χ3n) is 6.49. The Morgan fingerprint density at radius 3 is 2.34 bits per heavy atom. The summed E-state index contributed by atoms with van der Waals surface area (Å²) in [6.07, 6.45) is 2.23. The van der Waals surface area contributed by atoms with Crippen LogP contribution >= 0.6 is 0 Å². The number of fused-ring (bicyclic) bond motifs is 2. The molecule has 0 bridgehead atoms. The summed E-state index contributed by atoms with van der Waals surface area (Å²) in [6, 6.07) is 10.5. The van der Waals surface area contributed by atoms with Gasteiger partial charge in [0.2, 0.25) is 18.6 Å². The summed E-state index contributed by atoms with van der Waals surface area (Å²) in [7, 11) is 0. The molecule has 3 heterocycles. The average molecular weight is 481 g/mol. The number of hydrogen-bond acceptors (Lipinski definition) is 7. The highest BCUT2D eigenvalue weighted by atomic mass is 16.7. The normalized spacial score (nSPS) is 17.0. The van der Waals surface area contributed by atoms with E-state index in [1.54, 1.807) is 41.3 Å². The van der Waals surface area contributed by atoms with E-state index in [4.69, 9.17) is 18.9 Å². The minimum atomic E-state index is -0.173. The molecule has 0 radical (unpaired) electrons. The van der Waals surface area contributed by atoms with Gasteiger partial charge in [-0.2, -0.15) is 0 Å². The second-order valence-corrected chi connectivity index (χ2v) is 8.85. The minimum absolute atomic E-state index is 0.0673. The third-order valence-corrected chi connectivity index (χ3v) is 6.49. The number of hydrogen-bond donors (Lipinski definition) is 1. The summed E-state index contributed by atoms with van der Waals surface area (Å²) < 4.78 is 21.9. The lowest BCUT2D eigenvalue weighted by Crippen LogP contribution is -2.41. The van der Waals surface area contributed by atoms with Crippen LogP contribution in [0.25, 0.3) is 0 Å². The van der Waals surface area contributed by atoms with E-state index in [9.17, 15) is 14.4 Å². The predicted octanol–water partition coefficient (Wildman–Crippen LogP) is 3.42. The molecule has 0 spiro atoms. The molecule has 5 rings (SSSR count). The number of amides is 2. The molecule has 3 aliphatic heterocycles. The summed E-state index contributed by atoms with van der Waals surface area (Å²) in [5, 5.41) is 2.93. The number of ketones is 1. The molecule has 0 saturated carbocycles. The third kappa shape index (κ3) is 5.34. The predicted molar refractivity (Wildman–Crippen MR) is 126 cm³/mol. The lowest BCUT2D eigenvalue weighted by atomic mass is 9.95. The molecular formula is C26H28N2O7. The summed E-state index contributed by atoms with van der Waals surface area (Å²) >= 11 is 0. The summed E-state index contributed by atoms with van der Waals surface area (Å²) in [5.74, 6) is 2.08. The highest BCUT2D eigenvalue weighted by molar-refractivity contribution is 5.98. The molecule has 0 aromatic heterocycles. The maximum absolute atomic E-state index is 12.7. The fourth-order valence-corrected chi connectivity index (χ4v) is 4.47. The van der Waals surface area contributed by atoms with Crippen molar-refractivity contribution < 1.29 is 33.3 Å². The molecule has 35 heavy (non-hydrogen) atoms. The molecule has 9 heteroatoms. The van der Waals surface area contributed by atoms with Crippen LogP contribution < -0.4 is 24.3 Å². The van der Waals surface area contributed by atoms with E-state index in [0.717, 1.165) is 6.42 Å². The van der Waals surface area contributed by atoms with Gasteiger partial charge in [-0.25, -0.2) is 0 Å². The Balaban J connectivity index is 1.08. The summed E-state index contributed by atoms with van der Waals surface area (Å²) in [6.45, 7) is 2.31. The van der Waals surface area contributed by atoms with Gasteiger partial charge in [-0.1, -0.05) is 0 Å². The molecule has 2 aromatic carbocycles. The SMILES string of the molecule is O=C(CCC(=O)N1CCC(C(=O)Nc2ccc3c(c2)OCO3)CC1)c1ccc2c(c1)OCCCO2. The van der Waals surface area contributed by atoms with Crippen molar-refractivity contribution in [2.24, 2.45) is 5.92 Å². The maximum atomic E-state index is 12.7. The molecule has 2 amide bonds. The first-order valence-corrected chi connectivity index (χ1v) is 12.0. The number of nitrogens with one attached hydrogen (secondary N) is 1. The molecule has 0 atom stereocenters. The van der Waals surface area contributed by atoms with Crippen molar-refractivity contribution in [1.82, 2.24) is 4.90 Å². The average Bonchev–Trinajstić information content (AvgIpc) is 3.22. The number of carbonyl (C=O) groups excluding carboxylic acids is 3. The number of ether oxygens (including phenoxy) is 4. The first kappa shape index (κ1) is 23.0. The first-order valence-electron chi connectivity index (χ1n) is 12.0. The van der Waals surface area contributed by atoms with Crippen LogP contribution in [0.1, 0.15) is 42.5 Å². The zero-order chi connectivity index (χ0) is 24.2. The Morgan fingerprint density at radius 2 is 1.51 bits per heavy atom. The van der Waals surface area contributed by atoms with Crippen LogP contribution in [0.5, 0.6) is 23.0 Å². The van der Waals surface area contributed by atoms with Crippen LogP contribution in [-0.4, -0.2) is 55.6 Å². The van der Waals surface area contributed by atoms with E-state index in [2.05, 4.69) is 5.32 Å². The molecule has 1 saturated heterocycles. The van der Waals surface area contributed by atoms with Gasteiger partial charge in [-0.3, -0.25) is 14.4 Å². The smallest absolute Gasteiger partial charge is 0.231 e. The van der Waals surface area contributed by atoms with Crippen LogP contribution in [0.3, 0.4) is 0 Å². The Labute approximate surface area is 203 Å². The number of anilines is 1. The van der Waals surface area contributed by atoms with E-state index >= 15 is 0 Å². The van der Waals surface area contributed by atoms with Gasteiger partial charge >= 0.3 is 0 Å². The minimum Gasteiger partial charge on any atom is -0.490 e. The van der Waals surface area contributed by atoms with Gasteiger partial charge in [0.1, 0.15) is 0 Å². The number of rotatable bonds is 6. The van der Waals surface area contributed by atoms with Gasteiger partial charge < -0.3 is 29.2 Å². The van der Waals surface area contributed by atoms with E-state index < -0.39 is 0 Å². The lowest BCUT2D eigenvalue weighted by Gasteiger charge is -2.31. The quantitative estimate of drug-likeness (QED) is 0.632. The standard InChI is InChI=1S/C26H28N2O7/c29-20(18-2-5-21-23(14-18)33-13-1-12-32-21)4-7-25(30)28-10-8-17(9-11-28)26(31)27-19-3-6-22-24(15-19)35-16-34-22/h2-3,5-6,14-15,17H,1,4,7-13,16H2,(H,27,31). The molecule has 184 valence electrons. The second-order valence-electron chi connectivity index (χ2n) is 8.85. The number of piperidine rings is 1. The molecule has 0 aliphatic carbocycles. The monoisotopic (exact) mass is 480 g/mol. The highest BCUT2D eigenvalue weighted by Crippen LogP contribution is 2.35. The molecule has 3 aliphatic rings. The van der Waals surface area contributed by atoms with Crippen molar-refractivity contribution >= 4 is 23.3 Å². The van der Waals surface area contributed by atoms with Crippen molar-refractivity contribution in [3.05, 3.63) is 42.0 Å². The van der Waals surface area contributed by atoms with E-state index in [1.807, 2.05) is 0 Å². The van der Waals surface area contributed by atoms with Crippen LogP contribution in [0.2, 0.25) is 0 Å². The van der Waals surface area contributed by atoms with Crippen molar-refractivity contribution in [3.8, 4) is 23.0 Å². The molecule has 0 unspecified atom stereocenters. The van der Waals surface area contributed by atoms with Crippen molar-refractivity contribution in [2.45, 2.75) is 32.1 Å². The number of likely N-dealkylation sites (tertiary alicyclic amines) is 1. The van der Waals surface area contributed by atoms with Gasteiger partial charge in [-0.15, -0.1) is 0 Å². The van der Waals surface area contributed by atoms with E-state index in [0.29, 0.717) is 73.4 Å². The fraction of sp³-hybridized carbons (Fsp3) is 0.423. The van der Waals surface area contributed by atoms with Gasteiger partial charge in [0, 0.05) is 55.6 Å². The Morgan fingerprint density at radius 1 is 0.829 bits per heavy atom. The fourth-order valence-electron chi connectivity index (χ4n) is 4.47. The second kappa shape index (κ2) is 10.2. The molecule has 1 N–H and O–H groups in total. The summed E-state index contributed by atoms with van der Waals surface area (Å²) in [4.78, 5) is 39.8. The van der Waals surface area contributed by atoms with Crippen LogP contribution in [-0.2, 0) is 9.59 Å². The van der Waals surface area contributed by atoms with Gasteiger partial charge in [0.25, 0.3) is 0 Å². The van der Waals surface area contributed by atoms with Gasteiger partial charge in [0.05, 0.1) is 13.2 Å². The van der Waals surface area contributed by atoms with E-state index in [1.165, 1.54) is 0 Å². The van der Waals surface area contributed by atoms with Gasteiger partial charge in [-0.05, 0) is 43.2 Å². The lowest BCUT2D eigenvalue weighted by molar-refractivity contribution is -0.134. The number of benzene rings is 2. The van der Waals surface area contributed by atoms with Crippen molar-refractivity contribution in [3.63, 3.8) is 0 Å². The van der Waals surface area contributed by atoms with E-state index in [-0.39, 0.29) is 43.2 Å². The zero-order valence-electron chi connectivity index (χ0n) is 19.4. The topological polar surface area (TPSA) is 103 Å². The van der Waals surface area contributed by atoms with Crippen molar-refractivity contribution in [1.29, 1.82) is 0 Å². The largest absolute Gasteiger partial charge is 0.490 e. The molecular weight excluding hydrogens is 452 g/mol. The Bertz CT molecular complexity index is 1120. The number of Topliss-reactive ketones (excluding diaryl/α,β-unsaturated/α-hetero) is 1. The highest BCUT2D eigenvalue weighted by Gasteiger charge is 2.28. The molecule has 1 fully saturated rings. The van der Waals surface area contributed by atoms with Gasteiger partial charge in [0.15, 0.2) is 28.8 Å². The van der Waals surface area contributed by atoms with Crippen LogP contribution in [0, 0.1) is 5.92 Å². The summed E-state index contributed by atoms with van der Waals surface area (Å²) in [5.41, 5.74) is 1.17. The zero-order valence-corrected chi connectivity index (χ0v) is 19.4. The number of carbonyl (C=O) groups is 3. The maximum Gasteiger partial charge on any atom is 0.231 e. The first-order chi connectivity index (χ1) is 17.1. The van der Waals surface area contributed by atoms with Crippen LogP contribution in [0.15, 0.2) is 36.4 Å². The molecule has 9 nitrogen and oxygen atoms in total.